The first kappa shape index (κ1) is 10.2. The van der Waals surface area contributed by atoms with E-state index in [1.54, 1.807) is 12.1 Å². The van der Waals surface area contributed by atoms with Gasteiger partial charge in [0.05, 0.1) is 5.56 Å². The van der Waals surface area contributed by atoms with Gasteiger partial charge in [-0.1, -0.05) is 6.07 Å². The summed E-state index contributed by atoms with van der Waals surface area (Å²) in [7, 11) is 0. The van der Waals surface area contributed by atoms with E-state index >= 15 is 0 Å². The van der Waals surface area contributed by atoms with Gasteiger partial charge in [0.25, 0.3) is 0 Å². The fraction of sp³-hybridized carbons (Fsp3) is 0. The standard InChI is InChI=1S/C12H6F2N2/c13-11-5-8(1-2-9(11)6-15)10-3-4-12(14)16-7-10/h1-5,7H. The molecule has 0 aliphatic heterocycles. The molecule has 78 valence electrons. The van der Waals surface area contributed by atoms with Gasteiger partial charge >= 0.3 is 0 Å². The van der Waals surface area contributed by atoms with Gasteiger partial charge in [-0.2, -0.15) is 9.65 Å². The zero-order valence-electron chi connectivity index (χ0n) is 8.11. The lowest BCUT2D eigenvalue weighted by molar-refractivity contribution is 0.584. The van der Waals surface area contributed by atoms with Gasteiger partial charge in [0.2, 0.25) is 5.95 Å². The van der Waals surface area contributed by atoms with Gasteiger partial charge in [-0.15, -0.1) is 0 Å². The molecule has 0 spiro atoms. The van der Waals surface area contributed by atoms with Crippen LogP contribution in [0.1, 0.15) is 5.56 Å². The summed E-state index contributed by atoms with van der Waals surface area (Å²) in [5, 5.41) is 8.56. The van der Waals surface area contributed by atoms with Crippen LogP contribution in [0.2, 0.25) is 0 Å². The van der Waals surface area contributed by atoms with Crippen molar-refractivity contribution in [2.45, 2.75) is 0 Å². The van der Waals surface area contributed by atoms with Crippen molar-refractivity contribution in [3.8, 4) is 17.2 Å². The number of benzene rings is 1. The van der Waals surface area contributed by atoms with Crippen LogP contribution >= 0.6 is 0 Å². The van der Waals surface area contributed by atoms with Crippen molar-refractivity contribution in [2.24, 2.45) is 0 Å². The van der Waals surface area contributed by atoms with Crippen molar-refractivity contribution >= 4 is 0 Å². The number of rotatable bonds is 1. The zero-order chi connectivity index (χ0) is 11.5. The number of halogens is 2. The Labute approximate surface area is 90.8 Å². The van der Waals surface area contributed by atoms with E-state index in [1.165, 1.54) is 30.5 Å². The third-order valence-corrected chi connectivity index (χ3v) is 2.15. The average molecular weight is 216 g/mol. The molecule has 0 fully saturated rings. The Kier molecular flexibility index (Phi) is 2.61. The van der Waals surface area contributed by atoms with Crippen LogP contribution in [0, 0.1) is 23.1 Å². The molecule has 0 bridgehead atoms. The lowest BCUT2D eigenvalue weighted by atomic mass is 10.1. The Morgan fingerprint density at radius 2 is 1.81 bits per heavy atom. The average Bonchev–Trinajstić information content (AvgIpc) is 2.30. The summed E-state index contributed by atoms with van der Waals surface area (Å²) < 4.78 is 25.9. The molecule has 1 aromatic heterocycles. The van der Waals surface area contributed by atoms with E-state index in [9.17, 15) is 8.78 Å². The number of hydrogen-bond acceptors (Lipinski definition) is 2. The monoisotopic (exact) mass is 216 g/mol. The van der Waals surface area contributed by atoms with E-state index in [2.05, 4.69) is 4.98 Å². The smallest absolute Gasteiger partial charge is 0.212 e. The second-order valence-electron chi connectivity index (χ2n) is 3.18. The molecule has 0 saturated heterocycles. The SMILES string of the molecule is N#Cc1ccc(-c2ccc(F)nc2)cc1F. The lowest BCUT2D eigenvalue weighted by Crippen LogP contribution is -1.87. The second kappa shape index (κ2) is 4.07. The molecule has 0 unspecified atom stereocenters. The summed E-state index contributed by atoms with van der Waals surface area (Å²) in [6.45, 7) is 0. The minimum Gasteiger partial charge on any atom is -0.228 e. The van der Waals surface area contributed by atoms with Crippen LogP contribution in [0.4, 0.5) is 8.78 Å². The first-order valence-electron chi connectivity index (χ1n) is 4.52. The van der Waals surface area contributed by atoms with Gasteiger partial charge in [-0.05, 0) is 29.8 Å². The first-order valence-corrected chi connectivity index (χ1v) is 4.52. The normalized spacial score (nSPS) is 9.81. The van der Waals surface area contributed by atoms with Crippen molar-refractivity contribution in [3.05, 3.63) is 53.9 Å². The van der Waals surface area contributed by atoms with E-state index in [-0.39, 0.29) is 5.56 Å². The maximum Gasteiger partial charge on any atom is 0.212 e. The molecule has 4 heteroatoms. The third-order valence-electron chi connectivity index (χ3n) is 2.15. The fourth-order valence-electron chi connectivity index (χ4n) is 1.33. The third kappa shape index (κ3) is 1.89. The molecular formula is C12H6F2N2. The molecule has 2 nitrogen and oxygen atoms in total. The van der Waals surface area contributed by atoms with E-state index in [4.69, 9.17) is 5.26 Å². The number of nitriles is 1. The van der Waals surface area contributed by atoms with Crippen LogP contribution in [0.25, 0.3) is 11.1 Å². The predicted octanol–water partition coefficient (Wildman–Crippen LogP) is 2.90. The molecule has 0 saturated carbocycles. The van der Waals surface area contributed by atoms with Crippen molar-refractivity contribution in [2.75, 3.05) is 0 Å². The van der Waals surface area contributed by atoms with Gasteiger partial charge in [0.15, 0.2) is 0 Å². The summed E-state index contributed by atoms with van der Waals surface area (Å²) in [4.78, 5) is 3.47. The molecule has 0 aliphatic carbocycles. The number of aromatic nitrogens is 1. The van der Waals surface area contributed by atoms with Crippen LogP contribution in [0.3, 0.4) is 0 Å². The fourth-order valence-corrected chi connectivity index (χ4v) is 1.33. The van der Waals surface area contributed by atoms with Gasteiger partial charge in [0, 0.05) is 11.8 Å². The van der Waals surface area contributed by atoms with E-state index in [1.807, 2.05) is 0 Å². The Balaban J connectivity index is 2.46. The van der Waals surface area contributed by atoms with Gasteiger partial charge < -0.3 is 0 Å². The molecular weight excluding hydrogens is 210 g/mol. The summed E-state index contributed by atoms with van der Waals surface area (Å²) in [5.74, 6) is -1.18. The zero-order valence-corrected chi connectivity index (χ0v) is 8.11. The summed E-state index contributed by atoms with van der Waals surface area (Å²) in [6, 6.07) is 8.64. The van der Waals surface area contributed by atoms with Crippen molar-refractivity contribution in [3.63, 3.8) is 0 Å². The molecule has 0 amide bonds. The van der Waals surface area contributed by atoms with Gasteiger partial charge in [0.1, 0.15) is 11.9 Å². The lowest BCUT2D eigenvalue weighted by Gasteiger charge is -2.01. The van der Waals surface area contributed by atoms with Gasteiger partial charge in [-0.3, -0.25) is 0 Å². The van der Waals surface area contributed by atoms with Crippen LogP contribution in [0.5, 0.6) is 0 Å². The minimum atomic E-state index is -0.593. The second-order valence-corrected chi connectivity index (χ2v) is 3.18. The molecule has 0 N–H and O–H groups in total. The number of pyridine rings is 1. The highest BCUT2D eigenvalue weighted by Crippen LogP contribution is 2.20. The minimum absolute atomic E-state index is 0.0150. The molecule has 0 radical (unpaired) electrons. The predicted molar refractivity (Wildman–Crippen MR) is 54.3 cm³/mol. The van der Waals surface area contributed by atoms with Crippen molar-refractivity contribution in [1.29, 1.82) is 5.26 Å². The summed E-state index contributed by atoms with van der Waals surface area (Å²) in [5.41, 5.74) is 1.15. The number of nitrogens with zero attached hydrogens (tertiary/aromatic N) is 2. The molecule has 16 heavy (non-hydrogen) atoms. The van der Waals surface area contributed by atoms with E-state index in [0.717, 1.165) is 0 Å². The Morgan fingerprint density at radius 3 is 2.38 bits per heavy atom. The van der Waals surface area contributed by atoms with E-state index < -0.39 is 11.8 Å². The van der Waals surface area contributed by atoms with Crippen LogP contribution < -0.4 is 0 Å². The van der Waals surface area contributed by atoms with Crippen LogP contribution in [0.15, 0.2) is 36.5 Å². The summed E-state index contributed by atoms with van der Waals surface area (Å²) in [6.07, 6.45) is 1.32. The Bertz CT molecular complexity index is 556. The maximum absolute atomic E-state index is 13.3. The molecule has 2 rings (SSSR count). The topological polar surface area (TPSA) is 36.7 Å². The van der Waals surface area contributed by atoms with Crippen molar-refractivity contribution < 1.29 is 8.78 Å². The molecule has 2 aromatic rings. The highest BCUT2D eigenvalue weighted by molar-refractivity contribution is 5.63. The first-order chi connectivity index (χ1) is 7.70. The maximum atomic E-state index is 13.3. The Hall–Kier alpha value is -2.28. The molecule has 0 aliphatic rings. The van der Waals surface area contributed by atoms with E-state index in [0.29, 0.717) is 11.1 Å². The highest BCUT2D eigenvalue weighted by atomic mass is 19.1. The van der Waals surface area contributed by atoms with Crippen LogP contribution in [-0.4, -0.2) is 4.98 Å². The molecule has 1 heterocycles. The quantitative estimate of drug-likeness (QED) is 0.687. The summed E-state index contributed by atoms with van der Waals surface area (Å²) >= 11 is 0. The van der Waals surface area contributed by atoms with Crippen molar-refractivity contribution in [1.82, 2.24) is 4.98 Å². The highest BCUT2D eigenvalue weighted by Gasteiger charge is 2.04. The largest absolute Gasteiger partial charge is 0.228 e. The van der Waals surface area contributed by atoms with Gasteiger partial charge in [-0.25, -0.2) is 9.37 Å². The number of hydrogen-bond donors (Lipinski definition) is 0. The molecule has 0 atom stereocenters. The molecule has 1 aromatic carbocycles. The van der Waals surface area contributed by atoms with Crippen LogP contribution in [-0.2, 0) is 0 Å². The Morgan fingerprint density at radius 1 is 1.06 bits per heavy atom.